The van der Waals surface area contributed by atoms with Crippen LogP contribution in [-0.2, 0) is 10.0 Å². The number of halogens is 2. The van der Waals surface area contributed by atoms with E-state index >= 15 is 0 Å². The summed E-state index contributed by atoms with van der Waals surface area (Å²) in [6, 6.07) is 1.75. The van der Waals surface area contributed by atoms with E-state index in [1.165, 1.54) is 11.3 Å². The fraction of sp³-hybridized carbons (Fsp3) is 0.600. The van der Waals surface area contributed by atoms with Crippen LogP contribution in [0.5, 0.6) is 0 Å². The first-order valence-corrected chi connectivity index (χ1v) is 9.43. The van der Waals surface area contributed by atoms with Crippen molar-refractivity contribution in [2.45, 2.75) is 28.3 Å². The summed E-state index contributed by atoms with van der Waals surface area (Å²) in [4.78, 5) is 0.547. The Kier molecular flexibility index (Phi) is 4.68. The SMILES string of the molecule is O=S(=O)(NCC1CCC(Br)C1)c1sccc1Br. The second kappa shape index (κ2) is 5.69. The lowest BCUT2D eigenvalue weighted by atomic mass is 10.1. The standard InChI is InChI=1S/C10H13Br2NO2S2/c11-8-2-1-7(5-8)6-13-17(14,15)10-9(12)3-4-16-10/h3-4,7-8,13H,1-2,5-6H2. The maximum atomic E-state index is 12.0. The van der Waals surface area contributed by atoms with Gasteiger partial charge in [-0.25, -0.2) is 13.1 Å². The highest BCUT2D eigenvalue weighted by atomic mass is 79.9. The van der Waals surface area contributed by atoms with Gasteiger partial charge in [0.05, 0.1) is 0 Å². The Morgan fingerprint density at radius 1 is 1.47 bits per heavy atom. The molecule has 0 saturated heterocycles. The maximum Gasteiger partial charge on any atom is 0.251 e. The fourth-order valence-corrected chi connectivity index (χ4v) is 6.25. The highest BCUT2D eigenvalue weighted by Crippen LogP contribution is 2.31. The van der Waals surface area contributed by atoms with E-state index in [0.29, 0.717) is 26.0 Å². The average molecular weight is 403 g/mol. The maximum absolute atomic E-state index is 12.0. The zero-order valence-corrected chi connectivity index (χ0v) is 13.8. The summed E-state index contributed by atoms with van der Waals surface area (Å²) < 4.78 is 27.7. The van der Waals surface area contributed by atoms with Gasteiger partial charge in [0, 0.05) is 15.8 Å². The molecule has 3 nitrogen and oxygen atoms in total. The molecule has 0 bridgehead atoms. The fourth-order valence-electron chi connectivity index (χ4n) is 1.96. The zero-order chi connectivity index (χ0) is 12.5. The highest BCUT2D eigenvalue weighted by molar-refractivity contribution is 9.10. The van der Waals surface area contributed by atoms with Crippen LogP contribution < -0.4 is 4.72 Å². The molecule has 2 rings (SSSR count). The van der Waals surface area contributed by atoms with Gasteiger partial charge in [-0.15, -0.1) is 11.3 Å². The first kappa shape index (κ1) is 14.0. The van der Waals surface area contributed by atoms with Crippen molar-refractivity contribution in [2.75, 3.05) is 6.54 Å². The molecule has 2 unspecified atom stereocenters. The molecule has 1 saturated carbocycles. The van der Waals surface area contributed by atoms with Crippen LogP contribution in [0.4, 0.5) is 0 Å². The molecule has 1 N–H and O–H groups in total. The molecule has 0 aliphatic heterocycles. The van der Waals surface area contributed by atoms with E-state index < -0.39 is 10.0 Å². The summed E-state index contributed by atoms with van der Waals surface area (Å²) in [5.41, 5.74) is 0. The van der Waals surface area contributed by atoms with Gasteiger partial charge in [-0.1, -0.05) is 15.9 Å². The van der Waals surface area contributed by atoms with E-state index in [9.17, 15) is 8.42 Å². The second-order valence-corrected chi connectivity index (χ2v) is 9.21. The molecule has 1 fully saturated rings. The van der Waals surface area contributed by atoms with Crippen molar-refractivity contribution >= 4 is 53.2 Å². The minimum Gasteiger partial charge on any atom is -0.210 e. The predicted molar refractivity (Wildman–Crippen MR) is 77.3 cm³/mol. The topological polar surface area (TPSA) is 46.2 Å². The first-order chi connectivity index (χ1) is 7.99. The Morgan fingerprint density at radius 3 is 2.76 bits per heavy atom. The largest absolute Gasteiger partial charge is 0.251 e. The van der Waals surface area contributed by atoms with Crippen molar-refractivity contribution in [1.29, 1.82) is 0 Å². The molecule has 1 aromatic heterocycles. The number of nitrogens with one attached hydrogen (secondary N) is 1. The van der Waals surface area contributed by atoms with Crippen LogP contribution in [0.25, 0.3) is 0 Å². The van der Waals surface area contributed by atoms with Gasteiger partial charge in [0.2, 0.25) is 0 Å². The molecule has 2 atom stereocenters. The molecular formula is C10H13Br2NO2S2. The van der Waals surface area contributed by atoms with Crippen LogP contribution in [0.2, 0.25) is 0 Å². The third kappa shape index (κ3) is 3.53. The number of thiophene rings is 1. The summed E-state index contributed by atoms with van der Waals surface area (Å²) in [5.74, 6) is 0.452. The van der Waals surface area contributed by atoms with E-state index in [0.717, 1.165) is 19.3 Å². The van der Waals surface area contributed by atoms with Crippen molar-refractivity contribution in [1.82, 2.24) is 4.72 Å². The van der Waals surface area contributed by atoms with Crippen LogP contribution in [0.1, 0.15) is 19.3 Å². The van der Waals surface area contributed by atoms with Gasteiger partial charge in [0.1, 0.15) is 4.21 Å². The van der Waals surface area contributed by atoms with Gasteiger partial charge in [-0.3, -0.25) is 0 Å². The number of hydrogen-bond acceptors (Lipinski definition) is 3. The monoisotopic (exact) mass is 401 g/mol. The van der Waals surface area contributed by atoms with E-state index in [2.05, 4.69) is 36.6 Å². The number of sulfonamides is 1. The first-order valence-electron chi connectivity index (χ1n) is 5.36. The van der Waals surface area contributed by atoms with E-state index in [1.807, 2.05) is 0 Å². The van der Waals surface area contributed by atoms with Crippen molar-refractivity contribution in [3.63, 3.8) is 0 Å². The summed E-state index contributed by atoms with van der Waals surface area (Å²) in [6.45, 7) is 0.536. The van der Waals surface area contributed by atoms with Crippen LogP contribution in [0.3, 0.4) is 0 Å². The van der Waals surface area contributed by atoms with Gasteiger partial charge in [-0.2, -0.15) is 0 Å². The quantitative estimate of drug-likeness (QED) is 0.785. The molecule has 0 aromatic carbocycles. The van der Waals surface area contributed by atoms with Gasteiger partial charge < -0.3 is 0 Å². The summed E-state index contributed by atoms with van der Waals surface area (Å²) in [6.07, 6.45) is 3.27. The molecular weight excluding hydrogens is 390 g/mol. The molecule has 0 radical (unpaired) electrons. The van der Waals surface area contributed by atoms with Crippen molar-refractivity contribution in [2.24, 2.45) is 5.92 Å². The van der Waals surface area contributed by atoms with E-state index in [1.54, 1.807) is 11.4 Å². The molecule has 7 heteroatoms. The molecule has 17 heavy (non-hydrogen) atoms. The minimum absolute atomic E-state index is 0.367. The van der Waals surface area contributed by atoms with Crippen molar-refractivity contribution < 1.29 is 8.42 Å². The van der Waals surface area contributed by atoms with Gasteiger partial charge in [-0.05, 0) is 52.6 Å². The molecule has 1 aromatic rings. The molecule has 0 amide bonds. The Bertz CT molecular complexity index is 486. The van der Waals surface area contributed by atoms with Crippen molar-refractivity contribution in [3.8, 4) is 0 Å². The lowest BCUT2D eigenvalue weighted by Crippen LogP contribution is -2.28. The number of hydrogen-bond donors (Lipinski definition) is 1. The number of alkyl halides is 1. The minimum atomic E-state index is -3.35. The third-order valence-corrected chi connectivity index (χ3v) is 7.79. The predicted octanol–water partition coefficient (Wildman–Crippen LogP) is 3.35. The Labute approximate surface area is 122 Å². The van der Waals surface area contributed by atoms with Crippen molar-refractivity contribution in [3.05, 3.63) is 15.9 Å². The average Bonchev–Trinajstić information content (AvgIpc) is 2.85. The second-order valence-electron chi connectivity index (χ2n) is 4.18. The van der Waals surface area contributed by atoms with Crippen LogP contribution in [0, 0.1) is 5.92 Å². The van der Waals surface area contributed by atoms with E-state index in [-0.39, 0.29) is 0 Å². The van der Waals surface area contributed by atoms with Crippen LogP contribution in [-0.4, -0.2) is 19.8 Å². The molecule has 1 aliphatic rings. The molecule has 96 valence electrons. The zero-order valence-electron chi connectivity index (χ0n) is 9.03. The lowest BCUT2D eigenvalue weighted by Gasteiger charge is -2.10. The van der Waals surface area contributed by atoms with Crippen LogP contribution >= 0.6 is 43.2 Å². The molecule has 1 aliphatic carbocycles. The molecule has 1 heterocycles. The Hall–Kier alpha value is 0.570. The highest BCUT2D eigenvalue weighted by Gasteiger charge is 2.25. The Morgan fingerprint density at radius 2 is 2.24 bits per heavy atom. The smallest absolute Gasteiger partial charge is 0.210 e. The van der Waals surface area contributed by atoms with Gasteiger partial charge in [0.15, 0.2) is 0 Å². The summed E-state index contributed by atoms with van der Waals surface area (Å²) in [5, 5.41) is 1.77. The number of rotatable bonds is 4. The summed E-state index contributed by atoms with van der Waals surface area (Å²) >= 11 is 8.05. The molecule has 0 spiro atoms. The van der Waals surface area contributed by atoms with Gasteiger partial charge in [0.25, 0.3) is 10.0 Å². The lowest BCUT2D eigenvalue weighted by molar-refractivity contribution is 0.521. The Balaban J connectivity index is 1.97. The van der Waals surface area contributed by atoms with E-state index in [4.69, 9.17) is 0 Å². The van der Waals surface area contributed by atoms with Gasteiger partial charge >= 0.3 is 0 Å². The summed E-state index contributed by atoms with van der Waals surface area (Å²) in [7, 11) is -3.35. The third-order valence-electron chi connectivity index (χ3n) is 2.87. The van der Waals surface area contributed by atoms with Crippen LogP contribution in [0.15, 0.2) is 20.1 Å². The normalized spacial score (nSPS) is 25.3.